The van der Waals surface area contributed by atoms with E-state index in [2.05, 4.69) is 9.97 Å². The molecule has 7 heteroatoms. The fourth-order valence-electron chi connectivity index (χ4n) is 1.81. The Morgan fingerprint density at radius 2 is 2.25 bits per heavy atom. The summed E-state index contributed by atoms with van der Waals surface area (Å²) in [6.07, 6.45) is -0.707. The number of anilines is 1. The summed E-state index contributed by atoms with van der Waals surface area (Å²) in [6.45, 7) is 1.65. The SMILES string of the molecule is COc1cccc(Sc2nc(N)cc(=O)[nH]2)c1C(C)O. The zero-order valence-electron chi connectivity index (χ0n) is 11.1. The smallest absolute Gasteiger partial charge is 0.253 e. The van der Waals surface area contributed by atoms with Crippen molar-refractivity contribution in [1.29, 1.82) is 0 Å². The Morgan fingerprint density at radius 1 is 1.50 bits per heavy atom. The molecule has 106 valence electrons. The van der Waals surface area contributed by atoms with E-state index in [1.165, 1.54) is 24.9 Å². The maximum atomic E-state index is 11.4. The molecule has 0 aliphatic heterocycles. The van der Waals surface area contributed by atoms with Gasteiger partial charge in [0.2, 0.25) is 0 Å². The van der Waals surface area contributed by atoms with Crippen LogP contribution in [0.25, 0.3) is 0 Å². The molecule has 0 amide bonds. The Bertz CT molecular complexity index is 670. The van der Waals surface area contributed by atoms with Gasteiger partial charge in [0.15, 0.2) is 5.16 Å². The van der Waals surface area contributed by atoms with Crippen molar-refractivity contribution in [3.63, 3.8) is 0 Å². The molecule has 1 atom stereocenters. The highest BCUT2D eigenvalue weighted by atomic mass is 32.2. The first-order valence-electron chi connectivity index (χ1n) is 5.91. The van der Waals surface area contributed by atoms with Crippen molar-refractivity contribution in [1.82, 2.24) is 9.97 Å². The maximum absolute atomic E-state index is 11.4. The number of aliphatic hydroxyl groups is 1. The van der Waals surface area contributed by atoms with Crippen LogP contribution in [0.5, 0.6) is 5.75 Å². The molecule has 1 unspecified atom stereocenters. The second kappa shape index (κ2) is 5.98. The summed E-state index contributed by atoms with van der Waals surface area (Å²) in [5.74, 6) is 0.731. The predicted octanol–water partition coefficient (Wildman–Crippen LogP) is 1.57. The number of nitrogens with zero attached hydrogens (tertiary/aromatic N) is 1. The number of methoxy groups -OCH3 is 1. The van der Waals surface area contributed by atoms with Gasteiger partial charge >= 0.3 is 0 Å². The molecule has 0 aliphatic rings. The lowest BCUT2D eigenvalue weighted by molar-refractivity contribution is 0.191. The molecule has 2 rings (SSSR count). The Balaban J connectivity index is 2.45. The molecule has 0 saturated heterocycles. The van der Waals surface area contributed by atoms with Gasteiger partial charge in [-0.15, -0.1) is 0 Å². The zero-order valence-corrected chi connectivity index (χ0v) is 11.9. The van der Waals surface area contributed by atoms with E-state index >= 15 is 0 Å². The standard InChI is InChI=1S/C13H15N3O3S/c1-7(17)12-8(19-2)4-3-5-9(12)20-13-15-10(14)6-11(18)16-13/h3-7,17H,1-2H3,(H3,14,15,16,18). The summed E-state index contributed by atoms with van der Waals surface area (Å²) in [5.41, 5.74) is 5.87. The molecule has 2 aromatic rings. The topological polar surface area (TPSA) is 101 Å². The van der Waals surface area contributed by atoms with Crippen LogP contribution in [0.15, 0.2) is 39.1 Å². The summed E-state index contributed by atoms with van der Waals surface area (Å²) < 4.78 is 5.24. The number of benzene rings is 1. The number of aliphatic hydroxyl groups excluding tert-OH is 1. The van der Waals surface area contributed by atoms with Gasteiger partial charge in [-0.25, -0.2) is 4.98 Å². The highest BCUT2D eigenvalue weighted by Gasteiger charge is 2.15. The van der Waals surface area contributed by atoms with Gasteiger partial charge in [-0.3, -0.25) is 4.79 Å². The molecular formula is C13H15N3O3S. The van der Waals surface area contributed by atoms with Crippen molar-refractivity contribution >= 4 is 17.6 Å². The molecule has 0 bridgehead atoms. The number of aromatic amines is 1. The quantitative estimate of drug-likeness (QED) is 0.740. The maximum Gasteiger partial charge on any atom is 0.253 e. The zero-order chi connectivity index (χ0) is 14.7. The molecular weight excluding hydrogens is 278 g/mol. The minimum Gasteiger partial charge on any atom is -0.496 e. The number of hydrogen-bond acceptors (Lipinski definition) is 6. The number of nitrogens with one attached hydrogen (secondary N) is 1. The van der Waals surface area contributed by atoms with E-state index in [1.807, 2.05) is 6.07 Å². The van der Waals surface area contributed by atoms with Crippen molar-refractivity contribution in [2.24, 2.45) is 0 Å². The molecule has 0 fully saturated rings. The number of rotatable bonds is 4. The average Bonchev–Trinajstić information content (AvgIpc) is 2.36. The number of nitrogens with two attached hydrogens (primary N) is 1. The van der Waals surface area contributed by atoms with Crippen LogP contribution in [-0.2, 0) is 0 Å². The summed E-state index contributed by atoms with van der Waals surface area (Å²) in [6, 6.07) is 6.60. The first-order chi connectivity index (χ1) is 9.51. The third-order valence-corrected chi connectivity index (χ3v) is 3.57. The van der Waals surface area contributed by atoms with Gasteiger partial charge in [-0.05, 0) is 19.1 Å². The van der Waals surface area contributed by atoms with Gasteiger partial charge in [0.05, 0.1) is 13.2 Å². The van der Waals surface area contributed by atoms with Crippen molar-refractivity contribution in [3.8, 4) is 5.75 Å². The normalized spacial score (nSPS) is 12.2. The summed E-state index contributed by atoms with van der Waals surface area (Å²) in [4.78, 5) is 18.8. The largest absolute Gasteiger partial charge is 0.496 e. The Morgan fingerprint density at radius 3 is 2.85 bits per heavy atom. The second-order valence-electron chi connectivity index (χ2n) is 4.13. The van der Waals surface area contributed by atoms with Crippen LogP contribution in [0, 0.1) is 0 Å². The fourth-order valence-corrected chi connectivity index (χ4v) is 2.85. The molecule has 0 aliphatic carbocycles. The minimum absolute atomic E-state index is 0.151. The van der Waals surface area contributed by atoms with Crippen LogP contribution < -0.4 is 16.0 Å². The highest BCUT2D eigenvalue weighted by molar-refractivity contribution is 7.99. The molecule has 1 aromatic heterocycles. The molecule has 20 heavy (non-hydrogen) atoms. The molecule has 1 heterocycles. The Kier molecular flexibility index (Phi) is 4.31. The van der Waals surface area contributed by atoms with Crippen molar-refractivity contribution in [2.45, 2.75) is 23.1 Å². The molecule has 0 saturated carbocycles. The van der Waals surface area contributed by atoms with Crippen LogP contribution in [-0.4, -0.2) is 22.2 Å². The van der Waals surface area contributed by atoms with Crippen LogP contribution in [0.3, 0.4) is 0 Å². The van der Waals surface area contributed by atoms with Gasteiger partial charge in [-0.1, -0.05) is 17.8 Å². The van der Waals surface area contributed by atoms with E-state index in [4.69, 9.17) is 10.5 Å². The molecule has 4 N–H and O–H groups in total. The second-order valence-corrected chi connectivity index (χ2v) is 5.16. The first kappa shape index (κ1) is 14.4. The van der Waals surface area contributed by atoms with E-state index in [0.29, 0.717) is 16.5 Å². The first-order valence-corrected chi connectivity index (χ1v) is 6.72. The van der Waals surface area contributed by atoms with Crippen LogP contribution in [0.4, 0.5) is 5.82 Å². The van der Waals surface area contributed by atoms with E-state index in [-0.39, 0.29) is 11.4 Å². The number of nitrogen functional groups attached to an aromatic ring is 1. The summed E-state index contributed by atoms with van der Waals surface area (Å²) in [7, 11) is 1.54. The average molecular weight is 293 g/mol. The van der Waals surface area contributed by atoms with Crippen molar-refractivity contribution in [3.05, 3.63) is 40.2 Å². The van der Waals surface area contributed by atoms with E-state index < -0.39 is 6.10 Å². The molecule has 0 radical (unpaired) electrons. The van der Waals surface area contributed by atoms with Crippen LogP contribution in [0.1, 0.15) is 18.6 Å². The molecule has 1 aromatic carbocycles. The lowest BCUT2D eigenvalue weighted by atomic mass is 10.1. The summed E-state index contributed by atoms with van der Waals surface area (Å²) >= 11 is 1.21. The highest BCUT2D eigenvalue weighted by Crippen LogP contribution is 2.36. The Labute approximate surface area is 120 Å². The van der Waals surface area contributed by atoms with Gasteiger partial charge in [0.1, 0.15) is 11.6 Å². The third-order valence-electron chi connectivity index (χ3n) is 2.61. The lowest BCUT2D eigenvalue weighted by Gasteiger charge is -2.15. The van der Waals surface area contributed by atoms with Crippen LogP contribution in [0.2, 0.25) is 0 Å². The molecule has 0 spiro atoms. The van der Waals surface area contributed by atoms with E-state index in [0.717, 1.165) is 4.90 Å². The van der Waals surface area contributed by atoms with Gasteiger partial charge in [0, 0.05) is 16.5 Å². The summed E-state index contributed by atoms with van der Waals surface area (Å²) in [5, 5.41) is 10.3. The number of H-pyrrole nitrogens is 1. The number of hydrogen-bond donors (Lipinski definition) is 3. The van der Waals surface area contributed by atoms with Gasteiger partial charge in [0.25, 0.3) is 5.56 Å². The lowest BCUT2D eigenvalue weighted by Crippen LogP contribution is -2.09. The number of ether oxygens (including phenoxy) is 1. The fraction of sp³-hybridized carbons (Fsp3) is 0.231. The van der Waals surface area contributed by atoms with Crippen LogP contribution >= 0.6 is 11.8 Å². The van der Waals surface area contributed by atoms with E-state index in [9.17, 15) is 9.90 Å². The van der Waals surface area contributed by atoms with Crippen molar-refractivity contribution < 1.29 is 9.84 Å². The molecule has 6 nitrogen and oxygen atoms in total. The third kappa shape index (κ3) is 3.12. The minimum atomic E-state index is -0.707. The van der Waals surface area contributed by atoms with Gasteiger partial charge in [-0.2, -0.15) is 0 Å². The van der Waals surface area contributed by atoms with E-state index in [1.54, 1.807) is 19.1 Å². The monoisotopic (exact) mass is 293 g/mol. The predicted molar refractivity (Wildman–Crippen MR) is 77.0 cm³/mol. The Hall–Kier alpha value is -1.99. The van der Waals surface area contributed by atoms with Crippen molar-refractivity contribution in [2.75, 3.05) is 12.8 Å². The number of aromatic nitrogens is 2. The van der Waals surface area contributed by atoms with Gasteiger partial charge < -0.3 is 20.6 Å².